The van der Waals surface area contributed by atoms with Crippen molar-refractivity contribution in [3.8, 4) is 0 Å². The maximum atomic E-state index is 11.3. The highest BCUT2D eigenvalue weighted by atomic mass is 16.3. The molecule has 2 nitrogen and oxygen atoms in total. The minimum atomic E-state index is -0.530. The van der Waals surface area contributed by atoms with E-state index in [0.717, 1.165) is 48.9 Å². The van der Waals surface area contributed by atoms with E-state index in [1.165, 1.54) is 57.8 Å². The monoisotopic (exact) mass is 404 g/mol. The molecular formula is C27H48O2. The van der Waals surface area contributed by atoms with E-state index in [4.69, 9.17) is 0 Å². The van der Waals surface area contributed by atoms with Gasteiger partial charge in [-0.25, -0.2) is 0 Å². The molecule has 2 heteroatoms. The standard InChI is InChI=1S/C27H48O2/c1-18(9-8-14-25(2,3)29)20-11-12-21-24-22(13-16-27(20,21)5)26(4)15-7-6-10-19(26)17-23(24)28/h18-24,28-29H,6-17H2,1-5H3/t18-,19-,20-,21+,22+,23-,24+,26+,27-/m1/s1. The van der Waals surface area contributed by atoms with E-state index in [1.807, 2.05) is 13.8 Å². The summed E-state index contributed by atoms with van der Waals surface area (Å²) >= 11 is 0. The Balaban J connectivity index is 1.49. The zero-order chi connectivity index (χ0) is 21.0. The smallest absolute Gasteiger partial charge is 0.0591 e. The lowest BCUT2D eigenvalue weighted by atomic mass is 9.44. The van der Waals surface area contributed by atoms with Gasteiger partial charge in [-0.05, 0) is 112 Å². The molecule has 0 amide bonds. The third-order valence-corrected chi connectivity index (χ3v) is 10.8. The Morgan fingerprint density at radius 2 is 1.69 bits per heavy atom. The van der Waals surface area contributed by atoms with Gasteiger partial charge in [-0.15, -0.1) is 0 Å². The first-order valence-electron chi connectivity index (χ1n) is 13.0. The molecule has 0 radical (unpaired) electrons. The highest BCUT2D eigenvalue weighted by molar-refractivity contribution is 5.11. The molecule has 0 spiro atoms. The van der Waals surface area contributed by atoms with Crippen molar-refractivity contribution in [3.63, 3.8) is 0 Å². The predicted molar refractivity (Wildman–Crippen MR) is 121 cm³/mol. The maximum absolute atomic E-state index is 11.3. The van der Waals surface area contributed by atoms with Crippen molar-refractivity contribution in [2.45, 2.75) is 123 Å². The maximum Gasteiger partial charge on any atom is 0.0591 e. The summed E-state index contributed by atoms with van der Waals surface area (Å²) < 4.78 is 0. The highest BCUT2D eigenvalue weighted by Gasteiger charge is 2.62. The largest absolute Gasteiger partial charge is 0.393 e. The SMILES string of the molecule is C[C@H](CCCC(C)(C)O)[C@H]1CC[C@H]2[C@@H]3[C@H](O)C[C@H]4CCCC[C@]4(C)[C@H]3CC[C@]12C. The Morgan fingerprint density at radius 1 is 0.966 bits per heavy atom. The fourth-order valence-electron chi connectivity index (χ4n) is 9.29. The molecule has 0 aromatic heterocycles. The van der Waals surface area contributed by atoms with Crippen LogP contribution in [0.4, 0.5) is 0 Å². The van der Waals surface area contributed by atoms with E-state index in [9.17, 15) is 10.2 Å². The predicted octanol–water partition coefficient (Wildman–Crippen LogP) is 6.58. The molecule has 0 unspecified atom stereocenters. The molecule has 4 aliphatic carbocycles. The van der Waals surface area contributed by atoms with Crippen molar-refractivity contribution >= 4 is 0 Å². The van der Waals surface area contributed by atoms with Crippen molar-refractivity contribution in [2.75, 3.05) is 0 Å². The molecule has 2 N–H and O–H groups in total. The number of rotatable bonds is 5. The van der Waals surface area contributed by atoms with Crippen molar-refractivity contribution < 1.29 is 10.2 Å². The summed E-state index contributed by atoms with van der Waals surface area (Å²) in [6.45, 7) is 11.6. The number of fused-ring (bicyclic) bond motifs is 5. The Labute approximate surface area is 180 Å². The van der Waals surface area contributed by atoms with Crippen LogP contribution in [0.1, 0.15) is 112 Å². The van der Waals surface area contributed by atoms with Crippen LogP contribution in [0, 0.1) is 46.3 Å². The average Bonchev–Trinajstić information content (AvgIpc) is 2.98. The summed E-state index contributed by atoms with van der Waals surface area (Å²) in [5, 5.41) is 21.4. The summed E-state index contributed by atoms with van der Waals surface area (Å²) in [4.78, 5) is 0. The second-order valence-electron chi connectivity index (χ2n) is 13.0. The number of aliphatic hydroxyl groups excluding tert-OH is 1. The van der Waals surface area contributed by atoms with Crippen molar-refractivity contribution in [3.05, 3.63) is 0 Å². The van der Waals surface area contributed by atoms with Gasteiger partial charge in [-0.2, -0.15) is 0 Å². The Morgan fingerprint density at radius 3 is 2.41 bits per heavy atom. The molecule has 4 fully saturated rings. The zero-order valence-corrected chi connectivity index (χ0v) is 19.9. The topological polar surface area (TPSA) is 40.5 Å². The van der Waals surface area contributed by atoms with Crippen molar-refractivity contribution in [1.82, 2.24) is 0 Å². The second-order valence-corrected chi connectivity index (χ2v) is 13.0. The van der Waals surface area contributed by atoms with Gasteiger partial charge in [0.1, 0.15) is 0 Å². The van der Waals surface area contributed by atoms with Gasteiger partial charge in [0, 0.05) is 0 Å². The van der Waals surface area contributed by atoms with Gasteiger partial charge in [0.15, 0.2) is 0 Å². The fourth-order valence-corrected chi connectivity index (χ4v) is 9.29. The summed E-state index contributed by atoms with van der Waals surface area (Å²) in [6.07, 6.45) is 15.3. The van der Waals surface area contributed by atoms with Gasteiger partial charge in [0.05, 0.1) is 11.7 Å². The average molecular weight is 405 g/mol. The van der Waals surface area contributed by atoms with Crippen LogP contribution in [0.25, 0.3) is 0 Å². The van der Waals surface area contributed by atoms with Gasteiger partial charge in [-0.3, -0.25) is 0 Å². The van der Waals surface area contributed by atoms with Gasteiger partial charge >= 0.3 is 0 Å². The fraction of sp³-hybridized carbons (Fsp3) is 1.00. The summed E-state index contributed by atoms with van der Waals surface area (Å²) in [6, 6.07) is 0. The molecule has 4 saturated carbocycles. The second kappa shape index (κ2) is 7.80. The molecule has 0 aromatic rings. The van der Waals surface area contributed by atoms with E-state index in [-0.39, 0.29) is 6.10 Å². The molecule has 0 aliphatic heterocycles. The quantitative estimate of drug-likeness (QED) is 0.543. The summed E-state index contributed by atoms with van der Waals surface area (Å²) in [5.74, 6) is 4.37. The molecule has 29 heavy (non-hydrogen) atoms. The zero-order valence-electron chi connectivity index (χ0n) is 19.9. The van der Waals surface area contributed by atoms with E-state index >= 15 is 0 Å². The minimum absolute atomic E-state index is 0.0509. The first kappa shape index (κ1) is 22.1. The molecular weight excluding hydrogens is 356 g/mol. The molecule has 0 aromatic carbocycles. The van der Waals surface area contributed by atoms with Crippen LogP contribution in [0.15, 0.2) is 0 Å². The summed E-state index contributed by atoms with van der Waals surface area (Å²) in [7, 11) is 0. The van der Waals surface area contributed by atoms with E-state index in [0.29, 0.717) is 16.7 Å². The lowest BCUT2D eigenvalue weighted by Gasteiger charge is -2.62. The molecule has 4 rings (SSSR count). The van der Waals surface area contributed by atoms with Crippen LogP contribution in [0.3, 0.4) is 0 Å². The number of hydrogen-bond donors (Lipinski definition) is 2. The molecule has 9 atom stereocenters. The van der Waals surface area contributed by atoms with Crippen LogP contribution in [0.2, 0.25) is 0 Å². The van der Waals surface area contributed by atoms with Gasteiger partial charge < -0.3 is 10.2 Å². The Hall–Kier alpha value is -0.0800. The molecule has 0 bridgehead atoms. The molecule has 4 aliphatic rings. The Kier molecular flexibility index (Phi) is 5.95. The first-order chi connectivity index (χ1) is 13.6. The number of aliphatic hydroxyl groups is 2. The molecule has 168 valence electrons. The van der Waals surface area contributed by atoms with Crippen LogP contribution >= 0.6 is 0 Å². The van der Waals surface area contributed by atoms with Gasteiger partial charge in [0.2, 0.25) is 0 Å². The molecule has 0 heterocycles. The molecule has 0 saturated heterocycles. The lowest BCUT2D eigenvalue weighted by molar-refractivity contribution is -0.164. The van der Waals surface area contributed by atoms with Crippen LogP contribution in [-0.2, 0) is 0 Å². The third kappa shape index (κ3) is 3.84. The minimum Gasteiger partial charge on any atom is -0.393 e. The summed E-state index contributed by atoms with van der Waals surface area (Å²) in [5.41, 5.74) is 0.395. The van der Waals surface area contributed by atoms with Crippen LogP contribution < -0.4 is 0 Å². The first-order valence-corrected chi connectivity index (χ1v) is 13.0. The van der Waals surface area contributed by atoms with Crippen LogP contribution in [0.5, 0.6) is 0 Å². The van der Waals surface area contributed by atoms with Gasteiger partial charge in [0.25, 0.3) is 0 Å². The van der Waals surface area contributed by atoms with E-state index in [2.05, 4.69) is 20.8 Å². The van der Waals surface area contributed by atoms with Crippen LogP contribution in [-0.4, -0.2) is 21.9 Å². The Bertz CT molecular complexity index is 580. The highest BCUT2D eigenvalue weighted by Crippen LogP contribution is 2.68. The number of hydrogen-bond acceptors (Lipinski definition) is 2. The third-order valence-electron chi connectivity index (χ3n) is 10.8. The van der Waals surface area contributed by atoms with Crippen molar-refractivity contribution in [1.29, 1.82) is 0 Å². The van der Waals surface area contributed by atoms with Crippen molar-refractivity contribution in [2.24, 2.45) is 46.3 Å². The van der Waals surface area contributed by atoms with Gasteiger partial charge in [-0.1, -0.05) is 46.5 Å². The van der Waals surface area contributed by atoms with E-state index < -0.39 is 5.60 Å². The lowest BCUT2D eigenvalue weighted by Crippen LogP contribution is -2.57. The van der Waals surface area contributed by atoms with E-state index in [1.54, 1.807) is 0 Å². The normalized spacial score (nSPS) is 48.5.